The molecule has 20 heavy (non-hydrogen) atoms. The summed E-state index contributed by atoms with van der Waals surface area (Å²) < 4.78 is 24.1. The normalized spacial score (nSPS) is 10.6. The van der Waals surface area contributed by atoms with E-state index in [2.05, 4.69) is 0 Å². The molecule has 0 amide bonds. The summed E-state index contributed by atoms with van der Waals surface area (Å²) in [5.41, 5.74) is 8.09. The van der Waals surface area contributed by atoms with Gasteiger partial charge in [0.2, 0.25) is 0 Å². The minimum atomic E-state index is -0.292. The zero-order valence-electron chi connectivity index (χ0n) is 11.4. The number of benzene rings is 2. The number of ether oxygens (including phenoxy) is 2. The Morgan fingerprint density at radius 1 is 1.00 bits per heavy atom. The van der Waals surface area contributed by atoms with Crippen molar-refractivity contribution in [3.63, 3.8) is 0 Å². The fraction of sp³-hybridized carbons (Fsp3) is 0.250. The quantitative estimate of drug-likeness (QED) is 0.881. The lowest BCUT2D eigenvalue weighted by molar-refractivity contribution is 0.184. The smallest absolute Gasteiger partial charge is 0.123 e. The SMILES string of the molecule is COCc1cccc(OCc2cc(F)cc(CN)c2)c1. The van der Waals surface area contributed by atoms with Gasteiger partial charge in [0.15, 0.2) is 0 Å². The first-order valence-corrected chi connectivity index (χ1v) is 6.40. The van der Waals surface area contributed by atoms with Crippen LogP contribution in [0.3, 0.4) is 0 Å². The number of hydrogen-bond donors (Lipinski definition) is 1. The topological polar surface area (TPSA) is 44.5 Å². The number of nitrogens with two attached hydrogens (primary N) is 1. The average Bonchev–Trinajstić information content (AvgIpc) is 2.45. The molecule has 0 aliphatic heterocycles. The van der Waals surface area contributed by atoms with E-state index in [0.29, 0.717) is 19.8 Å². The van der Waals surface area contributed by atoms with Crippen molar-refractivity contribution in [2.24, 2.45) is 5.73 Å². The van der Waals surface area contributed by atoms with E-state index in [0.717, 1.165) is 22.4 Å². The van der Waals surface area contributed by atoms with Crippen molar-refractivity contribution < 1.29 is 13.9 Å². The lowest BCUT2D eigenvalue weighted by atomic mass is 10.1. The molecular weight excluding hydrogens is 257 g/mol. The van der Waals surface area contributed by atoms with Gasteiger partial charge in [-0.25, -0.2) is 4.39 Å². The van der Waals surface area contributed by atoms with Crippen LogP contribution in [-0.2, 0) is 24.5 Å². The van der Waals surface area contributed by atoms with E-state index in [1.165, 1.54) is 12.1 Å². The molecule has 0 aromatic heterocycles. The van der Waals surface area contributed by atoms with E-state index < -0.39 is 0 Å². The average molecular weight is 275 g/mol. The summed E-state index contributed by atoms with van der Waals surface area (Å²) in [6.07, 6.45) is 0. The van der Waals surface area contributed by atoms with Crippen LogP contribution in [0.5, 0.6) is 5.75 Å². The monoisotopic (exact) mass is 275 g/mol. The summed E-state index contributed by atoms with van der Waals surface area (Å²) in [6.45, 7) is 1.16. The largest absolute Gasteiger partial charge is 0.489 e. The molecule has 2 rings (SSSR count). The summed E-state index contributed by atoms with van der Waals surface area (Å²) in [5, 5.41) is 0. The molecule has 0 bridgehead atoms. The fourth-order valence-corrected chi connectivity index (χ4v) is 1.98. The number of rotatable bonds is 6. The zero-order chi connectivity index (χ0) is 14.4. The predicted octanol–water partition coefficient (Wildman–Crippen LogP) is 3.01. The van der Waals surface area contributed by atoms with Gasteiger partial charge in [-0.3, -0.25) is 0 Å². The van der Waals surface area contributed by atoms with E-state index in [1.54, 1.807) is 7.11 Å². The van der Waals surface area contributed by atoms with Gasteiger partial charge in [0.1, 0.15) is 18.2 Å². The Labute approximate surface area is 118 Å². The standard InChI is InChI=1S/C16H18FNO2/c1-19-10-12-3-2-4-16(8-12)20-11-14-5-13(9-18)6-15(17)7-14/h2-8H,9-11,18H2,1H3. The van der Waals surface area contributed by atoms with E-state index in [9.17, 15) is 4.39 Å². The highest BCUT2D eigenvalue weighted by Crippen LogP contribution is 2.17. The van der Waals surface area contributed by atoms with E-state index in [-0.39, 0.29) is 5.82 Å². The highest BCUT2D eigenvalue weighted by Gasteiger charge is 2.02. The lowest BCUT2D eigenvalue weighted by Crippen LogP contribution is -2.01. The fourth-order valence-electron chi connectivity index (χ4n) is 1.98. The van der Waals surface area contributed by atoms with Crippen LogP contribution in [0.4, 0.5) is 4.39 Å². The summed E-state index contributed by atoms with van der Waals surface area (Å²) in [7, 11) is 1.65. The molecule has 0 saturated carbocycles. The first-order valence-electron chi connectivity index (χ1n) is 6.40. The summed E-state index contributed by atoms with van der Waals surface area (Å²) >= 11 is 0. The molecule has 0 heterocycles. The van der Waals surface area contributed by atoms with Gasteiger partial charge in [-0.2, -0.15) is 0 Å². The van der Waals surface area contributed by atoms with Crippen LogP contribution in [-0.4, -0.2) is 7.11 Å². The lowest BCUT2D eigenvalue weighted by Gasteiger charge is -2.09. The Morgan fingerprint density at radius 2 is 1.80 bits per heavy atom. The summed E-state index contributed by atoms with van der Waals surface area (Å²) in [6, 6.07) is 12.4. The van der Waals surface area contributed by atoms with Crippen LogP contribution in [0.15, 0.2) is 42.5 Å². The minimum Gasteiger partial charge on any atom is -0.489 e. The van der Waals surface area contributed by atoms with Crippen LogP contribution >= 0.6 is 0 Å². The van der Waals surface area contributed by atoms with E-state index >= 15 is 0 Å². The van der Waals surface area contributed by atoms with Crippen LogP contribution < -0.4 is 10.5 Å². The van der Waals surface area contributed by atoms with Gasteiger partial charge < -0.3 is 15.2 Å². The van der Waals surface area contributed by atoms with Crippen molar-refractivity contribution in [3.05, 3.63) is 65.0 Å². The second-order valence-electron chi connectivity index (χ2n) is 4.54. The minimum absolute atomic E-state index is 0.292. The predicted molar refractivity (Wildman–Crippen MR) is 75.8 cm³/mol. The molecule has 106 valence electrons. The molecule has 0 saturated heterocycles. The highest BCUT2D eigenvalue weighted by atomic mass is 19.1. The number of hydrogen-bond acceptors (Lipinski definition) is 3. The second-order valence-corrected chi connectivity index (χ2v) is 4.54. The van der Waals surface area contributed by atoms with Gasteiger partial charge in [-0.15, -0.1) is 0 Å². The van der Waals surface area contributed by atoms with E-state index in [4.69, 9.17) is 15.2 Å². The third-order valence-corrected chi connectivity index (χ3v) is 2.87. The molecule has 0 aliphatic rings. The number of halogens is 1. The zero-order valence-corrected chi connectivity index (χ0v) is 11.4. The summed E-state index contributed by atoms with van der Waals surface area (Å²) in [5.74, 6) is 0.442. The molecule has 4 heteroatoms. The van der Waals surface area contributed by atoms with Gasteiger partial charge >= 0.3 is 0 Å². The van der Waals surface area contributed by atoms with Gasteiger partial charge in [0.05, 0.1) is 6.61 Å². The molecule has 0 aliphatic carbocycles. The van der Waals surface area contributed by atoms with Crippen molar-refractivity contribution in [1.29, 1.82) is 0 Å². The second kappa shape index (κ2) is 7.03. The molecular formula is C16H18FNO2. The van der Waals surface area contributed by atoms with Crippen molar-refractivity contribution >= 4 is 0 Å². The summed E-state index contributed by atoms with van der Waals surface area (Å²) in [4.78, 5) is 0. The molecule has 0 radical (unpaired) electrons. The Balaban J connectivity index is 2.04. The van der Waals surface area contributed by atoms with Crippen LogP contribution in [0.25, 0.3) is 0 Å². The Morgan fingerprint density at radius 3 is 2.55 bits per heavy atom. The molecule has 0 fully saturated rings. The van der Waals surface area contributed by atoms with Crippen molar-refractivity contribution in [2.45, 2.75) is 19.8 Å². The Hall–Kier alpha value is -1.91. The molecule has 0 atom stereocenters. The van der Waals surface area contributed by atoms with Crippen molar-refractivity contribution in [3.8, 4) is 5.75 Å². The molecule has 3 nitrogen and oxygen atoms in total. The van der Waals surface area contributed by atoms with Crippen LogP contribution in [0.2, 0.25) is 0 Å². The Kier molecular flexibility index (Phi) is 5.09. The molecule has 2 aromatic carbocycles. The Bertz CT molecular complexity index is 572. The third-order valence-electron chi connectivity index (χ3n) is 2.87. The first kappa shape index (κ1) is 14.5. The molecule has 0 unspecified atom stereocenters. The van der Waals surface area contributed by atoms with Crippen LogP contribution in [0, 0.1) is 5.82 Å². The van der Waals surface area contributed by atoms with Crippen molar-refractivity contribution in [2.75, 3.05) is 7.11 Å². The van der Waals surface area contributed by atoms with Gasteiger partial charge in [0.25, 0.3) is 0 Å². The molecule has 2 N–H and O–H groups in total. The molecule has 0 spiro atoms. The first-order chi connectivity index (χ1) is 9.71. The third kappa shape index (κ3) is 4.05. The van der Waals surface area contributed by atoms with Gasteiger partial charge in [0, 0.05) is 13.7 Å². The number of methoxy groups -OCH3 is 1. The van der Waals surface area contributed by atoms with Gasteiger partial charge in [-0.05, 0) is 41.0 Å². The maximum absolute atomic E-state index is 13.4. The van der Waals surface area contributed by atoms with E-state index in [1.807, 2.05) is 30.3 Å². The highest BCUT2D eigenvalue weighted by molar-refractivity contribution is 5.29. The maximum Gasteiger partial charge on any atom is 0.123 e. The molecule has 2 aromatic rings. The van der Waals surface area contributed by atoms with Gasteiger partial charge in [-0.1, -0.05) is 18.2 Å². The maximum atomic E-state index is 13.4. The van der Waals surface area contributed by atoms with Crippen LogP contribution in [0.1, 0.15) is 16.7 Å². The van der Waals surface area contributed by atoms with Crippen molar-refractivity contribution in [1.82, 2.24) is 0 Å².